The van der Waals surface area contributed by atoms with Crippen LogP contribution < -0.4 is 5.32 Å². The van der Waals surface area contributed by atoms with Crippen molar-refractivity contribution in [2.24, 2.45) is 0 Å². The van der Waals surface area contributed by atoms with E-state index in [0.717, 1.165) is 30.3 Å². The molecule has 0 bridgehead atoms. The van der Waals surface area contributed by atoms with Crippen LogP contribution in [0.25, 0.3) is 11.3 Å². The van der Waals surface area contributed by atoms with Crippen molar-refractivity contribution in [2.75, 3.05) is 5.32 Å². The maximum atomic E-state index is 13.3. The number of hydrogen-bond acceptors (Lipinski definition) is 4. The molecule has 1 heterocycles. The van der Waals surface area contributed by atoms with Crippen LogP contribution >= 0.6 is 11.8 Å². The zero-order valence-corrected chi connectivity index (χ0v) is 17.1. The van der Waals surface area contributed by atoms with Gasteiger partial charge in [-0.25, -0.2) is 9.97 Å². The molecule has 1 aromatic heterocycles. The highest BCUT2D eigenvalue weighted by molar-refractivity contribution is 8.00. The number of hydrogen-bond donors (Lipinski definition) is 1. The Labute approximate surface area is 183 Å². The van der Waals surface area contributed by atoms with Gasteiger partial charge in [0.15, 0.2) is 5.16 Å². The number of nitrogens with zero attached hydrogens (tertiary/aromatic N) is 2. The fraction of sp³-hybridized carbons (Fsp3) is 0.190. The number of thioether (sulfide) groups is 1. The van der Waals surface area contributed by atoms with Crippen LogP contribution in [0.2, 0.25) is 0 Å². The lowest BCUT2D eigenvalue weighted by molar-refractivity contribution is -0.141. The molecule has 3 rings (SSSR count). The molecule has 0 aliphatic carbocycles. The highest BCUT2D eigenvalue weighted by atomic mass is 32.2. The van der Waals surface area contributed by atoms with Crippen LogP contribution in [0.3, 0.4) is 0 Å². The fourth-order valence-electron chi connectivity index (χ4n) is 2.58. The summed E-state index contributed by atoms with van der Waals surface area (Å²) in [6, 6.07) is 12.8. The lowest BCUT2D eigenvalue weighted by atomic mass is 10.1. The molecule has 0 saturated carbocycles. The van der Waals surface area contributed by atoms with E-state index in [1.165, 1.54) is 6.92 Å². The molecule has 1 N–H and O–H groups in total. The topological polar surface area (TPSA) is 54.9 Å². The van der Waals surface area contributed by atoms with Crippen molar-refractivity contribution in [3.8, 4) is 11.3 Å². The molecular weight excluding hydrogens is 456 g/mol. The number of benzene rings is 2. The molecule has 32 heavy (non-hydrogen) atoms. The van der Waals surface area contributed by atoms with Crippen LogP contribution in [0.4, 0.5) is 32.0 Å². The Morgan fingerprint density at radius 3 is 2.09 bits per heavy atom. The normalized spacial score (nSPS) is 13.0. The van der Waals surface area contributed by atoms with E-state index >= 15 is 0 Å². The molecule has 4 nitrogen and oxygen atoms in total. The highest BCUT2D eigenvalue weighted by Crippen LogP contribution is 2.33. The summed E-state index contributed by atoms with van der Waals surface area (Å²) >= 11 is 0.703. The molecule has 0 saturated heterocycles. The Morgan fingerprint density at radius 1 is 0.906 bits per heavy atom. The molecular formula is C21H15F6N3OS. The van der Waals surface area contributed by atoms with Gasteiger partial charge in [-0.15, -0.1) is 0 Å². The van der Waals surface area contributed by atoms with Gasteiger partial charge in [-0.1, -0.05) is 42.1 Å². The van der Waals surface area contributed by atoms with Gasteiger partial charge in [-0.2, -0.15) is 26.3 Å². The number of nitrogens with one attached hydrogen (secondary N) is 1. The average molecular weight is 471 g/mol. The zero-order valence-electron chi connectivity index (χ0n) is 16.3. The van der Waals surface area contributed by atoms with E-state index in [1.54, 1.807) is 30.3 Å². The van der Waals surface area contributed by atoms with E-state index in [4.69, 9.17) is 0 Å². The van der Waals surface area contributed by atoms with E-state index in [-0.39, 0.29) is 16.5 Å². The maximum Gasteiger partial charge on any atom is 0.433 e. The third-order valence-corrected chi connectivity index (χ3v) is 5.16. The van der Waals surface area contributed by atoms with Crippen molar-refractivity contribution in [2.45, 2.75) is 29.7 Å². The lowest BCUT2D eigenvalue weighted by Crippen LogP contribution is -2.23. The summed E-state index contributed by atoms with van der Waals surface area (Å²) < 4.78 is 77.8. The van der Waals surface area contributed by atoms with Gasteiger partial charge < -0.3 is 5.32 Å². The second-order valence-electron chi connectivity index (χ2n) is 6.61. The molecule has 0 spiro atoms. The van der Waals surface area contributed by atoms with Gasteiger partial charge in [-0.05, 0) is 37.3 Å². The van der Waals surface area contributed by atoms with Crippen LogP contribution in [0.15, 0.2) is 65.8 Å². The van der Waals surface area contributed by atoms with Gasteiger partial charge in [0.1, 0.15) is 5.69 Å². The second-order valence-corrected chi connectivity index (χ2v) is 7.92. The van der Waals surface area contributed by atoms with Crippen LogP contribution in [0.5, 0.6) is 0 Å². The van der Waals surface area contributed by atoms with E-state index in [2.05, 4.69) is 15.3 Å². The maximum absolute atomic E-state index is 13.3. The van der Waals surface area contributed by atoms with E-state index in [0.29, 0.717) is 17.3 Å². The number of halogens is 6. The molecule has 1 atom stereocenters. The molecule has 0 radical (unpaired) electrons. The Bertz CT molecular complexity index is 1090. The van der Waals surface area contributed by atoms with E-state index in [1.807, 2.05) is 0 Å². The van der Waals surface area contributed by atoms with Gasteiger partial charge in [0, 0.05) is 11.3 Å². The summed E-state index contributed by atoms with van der Waals surface area (Å²) in [5.41, 5.74) is -1.41. The van der Waals surface area contributed by atoms with Crippen LogP contribution in [-0.4, -0.2) is 21.1 Å². The predicted molar refractivity (Wildman–Crippen MR) is 108 cm³/mol. The number of alkyl halides is 6. The predicted octanol–water partition coefficient (Wildman–Crippen LogP) is 6.30. The molecule has 2 aromatic carbocycles. The zero-order chi connectivity index (χ0) is 23.5. The summed E-state index contributed by atoms with van der Waals surface area (Å²) in [6.45, 7) is 1.43. The average Bonchev–Trinajstić information content (AvgIpc) is 2.73. The van der Waals surface area contributed by atoms with E-state index < -0.39 is 34.8 Å². The fourth-order valence-corrected chi connectivity index (χ4v) is 3.36. The third-order valence-electron chi connectivity index (χ3n) is 4.20. The first kappa shape index (κ1) is 23.6. The Morgan fingerprint density at radius 2 is 1.53 bits per heavy atom. The van der Waals surface area contributed by atoms with Crippen LogP contribution in [-0.2, 0) is 17.1 Å². The molecule has 1 amide bonds. The monoisotopic (exact) mass is 471 g/mol. The van der Waals surface area contributed by atoms with Crippen molar-refractivity contribution < 1.29 is 31.1 Å². The number of carbonyl (C=O) groups is 1. The van der Waals surface area contributed by atoms with Gasteiger partial charge >= 0.3 is 12.4 Å². The smallest absolute Gasteiger partial charge is 0.325 e. The standard InChI is InChI=1S/C21H15F6N3OS/c1-12(18(31)28-15-9-7-14(8-10-15)20(22,23)24)32-19-29-16(13-5-3-2-4-6-13)11-17(30-19)21(25,26)27/h2-12H,1H3,(H,28,31)/t12-/m0/s1. The van der Waals surface area contributed by atoms with Crippen molar-refractivity contribution in [1.82, 2.24) is 9.97 Å². The number of aromatic nitrogens is 2. The van der Waals surface area contributed by atoms with Crippen molar-refractivity contribution in [3.05, 3.63) is 71.9 Å². The largest absolute Gasteiger partial charge is 0.433 e. The summed E-state index contributed by atoms with van der Waals surface area (Å²) in [6.07, 6.45) is -9.23. The van der Waals surface area contributed by atoms with Gasteiger partial charge in [0.05, 0.1) is 16.5 Å². The first-order chi connectivity index (χ1) is 14.9. The molecule has 0 aliphatic rings. The number of rotatable bonds is 5. The number of carbonyl (C=O) groups excluding carboxylic acids is 1. The van der Waals surface area contributed by atoms with Gasteiger partial charge in [0.2, 0.25) is 5.91 Å². The summed E-state index contributed by atoms with van der Waals surface area (Å²) in [7, 11) is 0. The van der Waals surface area contributed by atoms with Gasteiger partial charge in [0.25, 0.3) is 0 Å². The van der Waals surface area contributed by atoms with Crippen molar-refractivity contribution in [3.63, 3.8) is 0 Å². The summed E-state index contributed by atoms with van der Waals surface area (Å²) in [4.78, 5) is 20.1. The molecule has 3 aromatic rings. The van der Waals surface area contributed by atoms with Crippen molar-refractivity contribution >= 4 is 23.4 Å². The SMILES string of the molecule is C[C@H](Sc1nc(-c2ccccc2)cc(C(F)(F)F)n1)C(=O)Nc1ccc(C(F)(F)F)cc1. The molecule has 0 fully saturated rings. The Kier molecular flexibility index (Phi) is 6.77. The molecule has 168 valence electrons. The Hall–Kier alpha value is -3.08. The first-order valence-corrected chi connectivity index (χ1v) is 9.98. The third kappa shape index (κ3) is 6.00. The minimum Gasteiger partial charge on any atom is -0.325 e. The summed E-state index contributed by atoms with van der Waals surface area (Å²) in [5, 5.41) is 1.24. The van der Waals surface area contributed by atoms with Crippen LogP contribution in [0, 0.1) is 0 Å². The minimum atomic E-state index is -4.71. The van der Waals surface area contributed by atoms with Crippen LogP contribution in [0.1, 0.15) is 18.2 Å². The molecule has 11 heteroatoms. The number of anilines is 1. The van der Waals surface area contributed by atoms with E-state index in [9.17, 15) is 31.1 Å². The Balaban J connectivity index is 1.79. The molecule has 0 aliphatic heterocycles. The second kappa shape index (κ2) is 9.19. The summed E-state index contributed by atoms with van der Waals surface area (Å²) in [5.74, 6) is -0.628. The molecule has 0 unspecified atom stereocenters. The lowest BCUT2D eigenvalue weighted by Gasteiger charge is -2.14. The minimum absolute atomic E-state index is 0.0470. The van der Waals surface area contributed by atoms with Crippen molar-refractivity contribution in [1.29, 1.82) is 0 Å². The quantitative estimate of drug-likeness (QED) is 0.270. The first-order valence-electron chi connectivity index (χ1n) is 9.10. The highest BCUT2D eigenvalue weighted by Gasteiger charge is 2.34. The van der Waals surface area contributed by atoms with Gasteiger partial charge in [-0.3, -0.25) is 4.79 Å². The number of amides is 1.